The SMILES string of the molecule is CC(C)[C@@H](NC(=O)c1cccc(-c2ccc(O)cc2)c1)C(=O)N1CCC(c2ccc(Cl)cc2)CC1. The highest BCUT2D eigenvalue weighted by molar-refractivity contribution is 6.30. The molecule has 0 radical (unpaired) electrons. The van der Waals surface area contributed by atoms with Gasteiger partial charge in [0.1, 0.15) is 11.8 Å². The van der Waals surface area contributed by atoms with Gasteiger partial charge in [-0.15, -0.1) is 0 Å². The lowest BCUT2D eigenvalue weighted by Gasteiger charge is -2.35. The van der Waals surface area contributed by atoms with E-state index in [1.165, 1.54) is 5.56 Å². The third-order valence-electron chi connectivity index (χ3n) is 6.69. The lowest BCUT2D eigenvalue weighted by molar-refractivity contribution is -0.135. The van der Waals surface area contributed by atoms with E-state index in [0.29, 0.717) is 24.6 Å². The summed E-state index contributed by atoms with van der Waals surface area (Å²) < 4.78 is 0. The molecule has 0 aliphatic carbocycles. The van der Waals surface area contributed by atoms with E-state index in [-0.39, 0.29) is 23.5 Å². The van der Waals surface area contributed by atoms with Gasteiger partial charge in [0.05, 0.1) is 0 Å². The van der Waals surface area contributed by atoms with Crippen LogP contribution in [0.25, 0.3) is 11.1 Å². The summed E-state index contributed by atoms with van der Waals surface area (Å²) in [6.45, 7) is 5.25. The number of hydrogen-bond acceptors (Lipinski definition) is 3. The second-order valence-electron chi connectivity index (χ2n) is 9.47. The Kier molecular flexibility index (Phi) is 7.76. The summed E-state index contributed by atoms with van der Waals surface area (Å²) in [5, 5.41) is 13.2. The average Bonchev–Trinajstić information content (AvgIpc) is 2.87. The largest absolute Gasteiger partial charge is 0.508 e. The summed E-state index contributed by atoms with van der Waals surface area (Å²) >= 11 is 6.01. The number of amides is 2. The van der Waals surface area contributed by atoms with Crippen molar-refractivity contribution < 1.29 is 14.7 Å². The number of carbonyl (C=O) groups is 2. The summed E-state index contributed by atoms with van der Waals surface area (Å²) in [5.74, 6) is 0.260. The quantitative estimate of drug-likeness (QED) is 0.453. The van der Waals surface area contributed by atoms with Crippen LogP contribution in [0, 0.1) is 5.92 Å². The van der Waals surface area contributed by atoms with Gasteiger partial charge in [-0.25, -0.2) is 0 Å². The molecule has 1 heterocycles. The molecule has 2 amide bonds. The highest BCUT2D eigenvalue weighted by Gasteiger charge is 2.31. The first-order chi connectivity index (χ1) is 16.8. The Morgan fingerprint density at radius 1 is 0.943 bits per heavy atom. The minimum atomic E-state index is -0.591. The molecule has 1 aliphatic rings. The topological polar surface area (TPSA) is 69.6 Å². The minimum absolute atomic E-state index is 0.0300. The minimum Gasteiger partial charge on any atom is -0.508 e. The molecular weight excluding hydrogens is 460 g/mol. The Labute approximate surface area is 211 Å². The Bertz CT molecular complexity index is 1170. The van der Waals surface area contributed by atoms with E-state index in [1.54, 1.807) is 36.4 Å². The lowest BCUT2D eigenvalue weighted by atomic mass is 9.89. The molecule has 0 aromatic heterocycles. The molecular formula is C29H31ClN2O3. The Hall–Kier alpha value is -3.31. The Morgan fingerprint density at radius 2 is 1.60 bits per heavy atom. The fourth-order valence-electron chi connectivity index (χ4n) is 4.60. The molecule has 5 nitrogen and oxygen atoms in total. The molecule has 1 aliphatic heterocycles. The number of aromatic hydroxyl groups is 1. The third kappa shape index (κ3) is 6.04. The molecule has 1 atom stereocenters. The van der Waals surface area contributed by atoms with Gasteiger partial charge in [-0.1, -0.05) is 61.8 Å². The number of benzene rings is 3. The molecule has 2 N–H and O–H groups in total. The van der Waals surface area contributed by atoms with Crippen molar-refractivity contribution in [2.45, 2.75) is 38.6 Å². The van der Waals surface area contributed by atoms with Crippen LogP contribution >= 0.6 is 11.6 Å². The summed E-state index contributed by atoms with van der Waals surface area (Å²) in [6, 6.07) is 21.5. The van der Waals surface area contributed by atoms with Gasteiger partial charge >= 0.3 is 0 Å². The van der Waals surface area contributed by atoms with E-state index in [4.69, 9.17) is 11.6 Å². The van der Waals surface area contributed by atoms with Gasteiger partial charge in [0.2, 0.25) is 5.91 Å². The molecule has 182 valence electrons. The summed E-state index contributed by atoms with van der Waals surface area (Å²) in [6.07, 6.45) is 1.78. The van der Waals surface area contributed by atoms with Crippen LogP contribution in [0.15, 0.2) is 72.8 Å². The normalized spacial score (nSPS) is 15.1. The van der Waals surface area contributed by atoms with Gasteiger partial charge in [0.25, 0.3) is 5.91 Å². The van der Waals surface area contributed by atoms with Gasteiger partial charge in [-0.05, 0) is 77.8 Å². The fourth-order valence-corrected chi connectivity index (χ4v) is 4.72. The highest BCUT2D eigenvalue weighted by atomic mass is 35.5. The highest BCUT2D eigenvalue weighted by Crippen LogP contribution is 2.29. The first-order valence-electron chi connectivity index (χ1n) is 12.1. The molecule has 1 fully saturated rings. The molecule has 0 saturated carbocycles. The number of nitrogens with zero attached hydrogens (tertiary/aromatic N) is 1. The Morgan fingerprint density at radius 3 is 2.23 bits per heavy atom. The molecule has 1 saturated heterocycles. The van der Waals surface area contributed by atoms with Crippen molar-refractivity contribution in [2.75, 3.05) is 13.1 Å². The van der Waals surface area contributed by atoms with E-state index in [9.17, 15) is 14.7 Å². The van der Waals surface area contributed by atoms with E-state index in [1.807, 2.05) is 43.0 Å². The van der Waals surface area contributed by atoms with Gasteiger partial charge < -0.3 is 15.3 Å². The lowest BCUT2D eigenvalue weighted by Crippen LogP contribution is -2.52. The van der Waals surface area contributed by atoms with Gasteiger partial charge in [0, 0.05) is 23.7 Å². The predicted molar refractivity (Wildman–Crippen MR) is 140 cm³/mol. The number of phenols is 1. The molecule has 0 spiro atoms. The molecule has 35 heavy (non-hydrogen) atoms. The third-order valence-corrected chi connectivity index (χ3v) is 6.94. The van der Waals surface area contributed by atoms with Crippen LogP contribution in [0.4, 0.5) is 0 Å². The maximum absolute atomic E-state index is 13.4. The summed E-state index contributed by atoms with van der Waals surface area (Å²) in [4.78, 5) is 28.4. The number of halogens is 1. The maximum atomic E-state index is 13.4. The van der Waals surface area contributed by atoms with E-state index < -0.39 is 6.04 Å². The number of rotatable bonds is 6. The smallest absolute Gasteiger partial charge is 0.251 e. The van der Waals surface area contributed by atoms with Crippen molar-refractivity contribution in [3.8, 4) is 16.9 Å². The van der Waals surface area contributed by atoms with Crippen LogP contribution in [0.1, 0.15) is 48.5 Å². The van der Waals surface area contributed by atoms with E-state index in [2.05, 4.69) is 17.4 Å². The van der Waals surface area contributed by atoms with Crippen LogP contribution in [0.2, 0.25) is 5.02 Å². The van der Waals surface area contributed by atoms with Crippen molar-refractivity contribution in [3.05, 3.63) is 88.9 Å². The average molecular weight is 491 g/mol. The van der Waals surface area contributed by atoms with Crippen molar-refractivity contribution >= 4 is 23.4 Å². The molecule has 0 unspecified atom stereocenters. The van der Waals surface area contributed by atoms with Crippen molar-refractivity contribution in [3.63, 3.8) is 0 Å². The first-order valence-corrected chi connectivity index (χ1v) is 12.4. The van der Waals surface area contributed by atoms with Crippen molar-refractivity contribution in [2.24, 2.45) is 5.92 Å². The van der Waals surface area contributed by atoms with Gasteiger partial charge in [0.15, 0.2) is 0 Å². The van der Waals surface area contributed by atoms with Gasteiger partial charge in [-0.3, -0.25) is 9.59 Å². The zero-order valence-corrected chi connectivity index (χ0v) is 20.8. The number of hydrogen-bond donors (Lipinski definition) is 2. The summed E-state index contributed by atoms with van der Waals surface area (Å²) in [7, 11) is 0. The monoisotopic (exact) mass is 490 g/mol. The maximum Gasteiger partial charge on any atom is 0.251 e. The fraction of sp³-hybridized carbons (Fsp3) is 0.310. The zero-order valence-electron chi connectivity index (χ0n) is 20.1. The predicted octanol–water partition coefficient (Wildman–Crippen LogP) is 5.87. The number of piperidine rings is 1. The number of carbonyl (C=O) groups excluding carboxylic acids is 2. The molecule has 3 aromatic carbocycles. The zero-order chi connectivity index (χ0) is 24.9. The van der Waals surface area contributed by atoms with Crippen LogP contribution in [-0.4, -0.2) is 41.0 Å². The van der Waals surface area contributed by atoms with Crippen LogP contribution in [0.5, 0.6) is 5.75 Å². The van der Waals surface area contributed by atoms with E-state index >= 15 is 0 Å². The standard InChI is InChI=1S/C29H31ClN2O3/c1-19(2)27(29(35)32-16-14-22(15-17-32)20-6-10-25(30)11-7-20)31-28(34)24-5-3-4-23(18-24)21-8-12-26(33)13-9-21/h3-13,18-19,22,27,33H,14-17H2,1-2H3,(H,31,34)/t27-/m1/s1. The van der Waals surface area contributed by atoms with Crippen molar-refractivity contribution in [1.29, 1.82) is 0 Å². The van der Waals surface area contributed by atoms with Gasteiger partial charge in [-0.2, -0.15) is 0 Å². The number of likely N-dealkylation sites (tertiary alicyclic amines) is 1. The van der Waals surface area contributed by atoms with Crippen molar-refractivity contribution in [1.82, 2.24) is 10.2 Å². The molecule has 6 heteroatoms. The second kappa shape index (κ2) is 11.0. The van der Waals surface area contributed by atoms with Crippen LogP contribution in [-0.2, 0) is 4.79 Å². The molecule has 4 rings (SSSR count). The number of phenolic OH excluding ortho intramolecular Hbond substituents is 1. The molecule has 0 bridgehead atoms. The number of nitrogens with one attached hydrogen (secondary N) is 1. The molecule has 3 aromatic rings. The second-order valence-corrected chi connectivity index (χ2v) is 9.91. The van der Waals surface area contributed by atoms with Crippen LogP contribution in [0.3, 0.4) is 0 Å². The van der Waals surface area contributed by atoms with Crippen LogP contribution < -0.4 is 5.32 Å². The van der Waals surface area contributed by atoms with E-state index in [0.717, 1.165) is 29.0 Å². The Balaban J connectivity index is 1.41. The summed E-state index contributed by atoms with van der Waals surface area (Å²) in [5.41, 5.74) is 3.52. The first kappa shape index (κ1) is 24.8.